The van der Waals surface area contributed by atoms with Crippen molar-refractivity contribution in [2.45, 2.75) is 24.9 Å². The topological polar surface area (TPSA) is 160 Å². The number of carboxylic acids is 2. The lowest BCUT2D eigenvalue weighted by molar-refractivity contribution is -0.194. The van der Waals surface area contributed by atoms with Crippen LogP contribution in [0.2, 0.25) is 0 Å². The quantitative estimate of drug-likeness (QED) is 0.201. The Morgan fingerprint density at radius 3 is 1.84 bits per heavy atom. The number of benzene rings is 1. The molecular formula is C23H36F3N5O7. The summed E-state index contributed by atoms with van der Waals surface area (Å²) >= 11 is 0. The van der Waals surface area contributed by atoms with Gasteiger partial charge in [0.05, 0.1) is 26.6 Å². The molecule has 0 amide bonds. The first-order valence-corrected chi connectivity index (χ1v) is 12.1. The standard InChI is InChI=1S/C23H36F3N5O7/c24-23(25,26)22(38)27-18-3-1-17(2-4-18)11-19-12-30(13-20(34)35)8-7-28(15-32)5-6-29(16-33)9-10-31(19)14-21(36)37/h1-4,19,22,27,32-33,38H,5-16H2,(H,34,35)(H,36,37). The number of carboxylic acid groups (broad SMARTS) is 2. The van der Waals surface area contributed by atoms with E-state index >= 15 is 0 Å². The van der Waals surface area contributed by atoms with Gasteiger partial charge in [0.1, 0.15) is 0 Å². The highest BCUT2D eigenvalue weighted by atomic mass is 19.4. The molecule has 1 fully saturated rings. The first kappa shape index (κ1) is 31.7. The zero-order chi connectivity index (χ0) is 28.3. The van der Waals surface area contributed by atoms with E-state index in [1.807, 2.05) is 5.32 Å². The second-order valence-electron chi connectivity index (χ2n) is 9.16. The first-order valence-electron chi connectivity index (χ1n) is 12.1. The SMILES string of the molecule is O=C(O)CN1CCN(CO)CCN(CO)CCN(CC(=O)O)C(Cc2ccc(NC(O)C(F)(F)F)cc2)C1. The Labute approximate surface area is 218 Å². The molecular weight excluding hydrogens is 515 g/mol. The van der Waals surface area contributed by atoms with Gasteiger partial charge in [-0.05, 0) is 24.1 Å². The molecule has 1 heterocycles. The fourth-order valence-corrected chi connectivity index (χ4v) is 4.19. The van der Waals surface area contributed by atoms with Crippen molar-refractivity contribution in [1.82, 2.24) is 19.6 Å². The Kier molecular flexibility index (Phi) is 12.6. The van der Waals surface area contributed by atoms with Gasteiger partial charge in [-0.2, -0.15) is 13.2 Å². The molecule has 0 spiro atoms. The molecule has 6 N–H and O–H groups in total. The average Bonchev–Trinajstić information content (AvgIpc) is 2.83. The molecule has 0 saturated carbocycles. The van der Waals surface area contributed by atoms with Gasteiger partial charge in [0.25, 0.3) is 0 Å². The lowest BCUT2D eigenvalue weighted by Crippen LogP contribution is -2.53. The van der Waals surface area contributed by atoms with E-state index in [1.165, 1.54) is 12.1 Å². The lowest BCUT2D eigenvalue weighted by atomic mass is 10.0. The minimum atomic E-state index is -4.84. The summed E-state index contributed by atoms with van der Waals surface area (Å²) in [7, 11) is 0. The van der Waals surface area contributed by atoms with Crippen molar-refractivity contribution >= 4 is 17.6 Å². The number of aliphatic carboxylic acids is 2. The van der Waals surface area contributed by atoms with E-state index in [0.717, 1.165) is 0 Å². The summed E-state index contributed by atoms with van der Waals surface area (Å²) < 4.78 is 37.9. The predicted molar refractivity (Wildman–Crippen MR) is 130 cm³/mol. The second kappa shape index (κ2) is 15.2. The molecule has 0 aromatic heterocycles. The van der Waals surface area contributed by atoms with Crippen LogP contribution in [0.15, 0.2) is 24.3 Å². The molecule has 0 bridgehead atoms. The Hall–Kier alpha value is -2.53. The van der Waals surface area contributed by atoms with Crippen molar-refractivity contribution in [3.05, 3.63) is 29.8 Å². The van der Waals surface area contributed by atoms with Crippen LogP contribution < -0.4 is 5.32 Å². The number of hydrogen-bond acceptors (Lipinski definition) is 10. The van der Waals surface area contributed by atoms with E-state index in [4.69, 9.17) is 0 Å². The van der Waals surface area contributed by atoms with Crippen molar-refractivity contribution in [2.24, 2.45) is 0 Å². The van der Waals surface area contributed by atoms with Gasteiger partial charge in [-0.1, -0.05) is 12.1 Å². The highest BCUT2D eigenvalue weighted by Gasteiger charge is 2.38. The zero-order valence-corrected chi connectivity index (χ0v) is 20.9. The zero-order valence-electron chi connectivity index (χ0n) is 20.9. The van der Waals surface area contributed by atoms with Gasteiger partial charge in [-0.3, -0.25) is 29.2 Å². The van der Waals surface area contributed by atoms with E-state index in [-0.39, 0.29) is 58.3 Å². The fourth-order valence-electron chi connectivity index (χ4n) is 4.19. The summed E-state index contributed by atoms with van der Waals surface area (Å²) in [5, 5.41) is 49.6. The number of hydrogen-bond donors (Lipinski definition) is 6. The van der Waals surface area contributed by atoms with E-state index in [0.29, 0.717) is 31.7 Å². The van der Waals surface area contributed by atoms with Crippen molar-refractivity contribution in [3.63, 3.8) is 0 Å². The first-order chi connectivity index (χ1) is 17.9. The molecule has 38 heavy (non-hydrogen) atoms. The molecule has 12 nitrogen and oxygen atoms in total. The number of anilines is 1. The number of aliphatic hydroxyl groups is 3. The van der Waals surface area contributed by atoms with Gasteiger partial charge < -0.3 is 30.8 Å². The molecule has 15 heteroatoms. The Morgan fingerprint density at radius 2 is 1.37 bits per heavy atom. The highest BCUT2D eigenvalue weighted by Crippen LogP contribution is 2.22. The molecule has 1 saturated heterocycles. The van der Waals surface area contributed by atoms with Crippen molar-refractivity contribution in [3.8, 4) is 0 Å². The maximum Gasteiger partial charge on any atom is 0.433 e. The van der Waals surface area contributed by atoms with Crippen LogP contribution in [-0.4, -0.2) is 148 Å². The number of alkyl halides is 3. The Balaban J connectivity index is 2.31. The summed E-state index contributed by atoms with van der Waals surface area (Å²) in [6.07, 6.45) is -7.32. The Bertz CT molecular complexity index is 878. The second-order valence-corrected chi connectivity index (χ2v) is 9.16. The smallest absolute Gasteiger partial charge is 0.433 e. The minimum absolute atomic E-state index is 0.0369. The van der Waals surface area contributed by atoms with Gasteiger partial charge in [0, 0.05) is 57.5 Å². The number of carbonyl (C=O) groups is 2. The number of aliphatic hydroxyl groups excluding tert-OH is 3. The van der Waals surface area contributed by atoms with Crippen molar-refractivity contribution in [2.75, 3.05) is 77.7 Å². The number of halogens is 3. The van der Waals surface area contributed by atoms with E-state index in [2.05, 4.69) is 0 Å². The monoisotopic (exact) mass is 551 g/mol. The van der Waals surface area contributed by atoms with E-state index in [1.54, 1.807) is 31.7 Å². The van der Waals surface area contributed by atoms with E-state index in [9.17, 15) is 48.3 Å². The summed E-state index contributed by atoms with van der Waals surface area (Å²) in [6, 6.07) is 5.34. The molecule has 216 valence electrons. The predicted octanol–water partition coefficient (Wildman–Crippen LogP) is -0.819. The van der Waals surface area contributed by atoms with Crippen LogP contribution in [0.5, 0.6) is 0 Å². The van der Waals surface area contributed by atoms with Gasteiger partial charge in [-0.15, -0.1) is 0 Å². The van der Waals surface area contributed by atoms with Crippen molar-refractivity contribution in [1.29, 1.82) is 0 Å². The van der Waals surface area contributed by atoms with Crippen LogP contribution in [0.1, 0.15) is 5.56 Å². The van der Waals surface area contributed by atoms with Gasteiger partial charge >= 0.3 is 18.1 Å². The average molecular weight is 552 g/mol. The highest BCUT2D eigenvalue weighted by molar-refractivity contribution is 5.69. The normalized spacial score (nSPS) is 20.8. The fraction of sp³-hybridized carbons (Fsp3) is 0.652. The maximum absolute atomic E-state index is 12.6. The lowest BCUT2D eigenvalue weighted by Gasteiger charge is -2.37. The number of rotatable bonds is 10. The molecule has 2 unspecified atom stereocenters. The molecule has 1 aromatic rings. The van der Waals surface area contributed by atoms with Gasteiger partial charge in [-0.25, -0.2) is 0 Å². The largest absolute Gasteiger partial charge is 0.480 e. The molecule has 1 aromatic carbocycles. The molecule has 2 rings (SSSR count). The molecule has 0 aliphatic carbocycles. The van der Waals surface area contributed by atoms with Crippen LogP contribution >= 0.6 is 0 Å². The summed E-state index contributed by atoms with van der Waals surface area (Å²) in [4.78, 5) is 30.0. The van der Waals surface area contributed by atoms with Crippen LogP contribution in [-0.2, 0) is 16.0 Å². The molecule has 0 radical (unpaired) electrons. The van der Waals surface area contributed by atoms with Crippen LogP contribution in [0.25, 0.3) is 0 Å². The summed E-state index contributed by atoms with van der Waals surface area (Å²) in [5.74, 6) is -2.16. The van der Waals surface area contributed by atoms with Crippen LogP contribution in [0, 0.1) is 0 Å². The van der Waals surface area contributed by atoms with E-state index < -0.39 is 30.4 Å². The third-order valence-electron chi connectivity index (χ3n) is 6.29. The molecule has 1 aliphatic heterocycles. The van der Waals surface area contributed by atoms with Gasteiger partial charge in [0.2, 0.25) is 6.23 Å². The molecule has 2 atom stereocenters. The number of nitrogens with one attached hydrogen (secondary N) is 1. The Morgan fingerprint density at radius 1 is 0.868 bits per heavy atom. The summed E-state index contributed by atoms with van der Waals surface area (Å²) in [5.41, 5.74) is 0.700. The molecule has 1 aliphatic rings. The third kappa shape index (κ3) is 11.1. The third-order valence-corrected chi connectivity index (χ3v) is 6.29. The van der Waals surface area contributed by atoms with Gasteiger partial charge in [0.15, 0.2) is 0 Å². The number of nitrogens with zero attached hydrogens (tertiary/aromatic N) is 4. The van der Waals surface area contributed by atoms with Crippen LogP contribution in [0.4, 0.5) is 18.9 Å². The maximum atomic E-state index is 12.6. The summed E-state index contributed by atoms with van der Waals surface area (Å²) in [6.45, 7) is 1.01. The van der Waals surface area contributed by atoms with Crippen molar-refractivity contribution < 1.29 is 48.3 Å². The van der Waals surface area contributed by atoms with Crippen LogP contribution in [0.3, 0.4) is 0 Å². The minimum Gasteiger partial charge on any atom is -0.480 e.